The number of hydrogen-bond acceptors (Lipinski definition) is 5. The zero-order valence-corrected chi connectivity index (χ0v) is 21.1. The molecule has 186 valence electrons. The molecule has 1 aromatic carbocycles. The van der Waals surface area contributed by atoms with Crippen molar-refractivity contribution < 1.29 is 19.5 Å². The van der Waals surface area contributed by atoms with Crippen molar-refractivity contribution in [3.8, 4) is 0 Å². The Balaban J connectivity index is 1.62. The molecule has 1 aromatic rings. The van der Waals surface area contributed by atoms with Gasteiger partial charge in [0.1, 0.15) is 6.04 Å². The second-order valence-electron chi connectivity index (χ2n) is 9.95. The first kappa shape index (κ1) is 25.0. The summed E-state index contributed by atoms with van der Waals surface area (Å²) in [7, 11) is 0. The van der Waals surface area contributed by atoms with Crippen LogP contribution in [0, 0.1) is 11.8 Å². The Labute approximate surface area is 206 Å². The predicted octanol–water partition coefficient (Wildman–Crippen LogP) is 2.47. The summed E-state index contributed by atoms with van der Waals surface area (Å²) in [6.45, 7) is 6.20. The highest BCUT2D eigenvalue weighted by molar-refractivity contribution is 8.02. The van der Waals surface area contributed by atoms with Gasteiger partial charge in [-0.1, -0.05) is 50.6 Å². The van der Waals surface area contributed by atoms with E-state index < -0.39 is 28.7 Å². The predicted molar refractivity (Wildman–Crippen MR) is 133 cm³/mol. The second-order valence-corrected chi connectivity index (χ2v) is 11.5. The van der Waals surface area contributed by atoms with Gasteiger partial charge < -0.3 is 20.6 Å². The number of nitrogens with zero attached hydrogens (tertiary/aromatic N) is 1. The Morgan fingerprint density at radius 3 is 2.62 bits per heavy atom. The number of benzene rings is 1. The number of thioether (sulfide) groups is 1. The van der Waals surface area contributed by atoms with Crippen LogP contribution in [0.3, 0.4) is 0 Å². The summed E-state index contributed by atoms with van der Waals surface area (Å²) in [5.74, 6) is -1.41. The molecule has 3 amide bonds. The molecule has 3 aliphatic heterocycles. The van der Waals surface area contributed by atoms with Crippen molar-refractivity contribution in [2.24, 2.45) is 11.8 Å². The van der Waals surface area contributed by atoms with Gasteiger partial charge in [0, 0.05) is 17.8 Å². The van der Waals surface area contributed by atoms with Gasteiger partial charge >= 0.3 is 0 Å². The molecule has 8 heteroatoms. The lowest BCUT2D eigenvalue weighted by atomic mass is 9.70. The molecule has 7 atom stereocenters. The zero-order chi connectivity index (χ0) is 24.5. The molecule has 3 fully saturated rings. The Morgan fingerprint density at radius 2 is 1.97 bits per heavy atom. The molecular formula is C26H37N3O4S. The highest BCUT2D eigenvalue weighted by atomic mass is 32.2. The van der Waals surface area contributed by atoms with E-state index in [1.54, 1.807) is 16.7 Å². The van der Waals surface area contributed by atoms with Crippen LogP contribution in [-0.2, 0) is 20.9 Å². The fraction of sp³-hybridized carbons (Fsp3) is 0.654. The molecule has 3 heterocycles. The van der Waals surface area contributed by atoms with Crippen LogP contribution in [-0.4, -0.2) is 62.5 Å². The average Bonchev–Trinajstić information content (AvgIpc) is 3.47. The topological polar surface area (TPSA) is 98.7 Å². The van der Waals surface area contributed by atoms with Gasteiger partial charge in [0.25, 0.3) is 0 Å². The first-order chi connectivity index (χ1) is 16.4. The van der Waals surface area contributed by atoms with Gasteiger partial charge in [0.15, 0.2) is 0 Å². The molecule has 4 rings (SSSR count). The van der Waals surface area contributed by atoms with Crippen molar-refractivity contribution in [1.29, 1.82) is 0 Å². The number of carbonyl (C=O) groups excluding carboxylic acids is 3. The molecule has 0 saturated carbocycles. The lowest BCUT2D eigenvalue weighted by Crippen LogP contribution is -2.57. The van der Waals surface area contributed by atoms with Crippen LogP contribution in [0.1, 0.15) is 58.4 Å². The van der Waals surface area contributed by atoms with Gasteiger partial charge in [-0.2, -0.15) is 0 Å². The second kappa shape index (κ2) is 10.3. The Kier molecular flexibility index (Phi) is 7.57. The summed E-state index contributed by atoms with van der Waals surface area (Å²) < 4.78 is -0.616. The van der Waals surface area contributed by atoms with Gasteiger partial charge in [-0.25, -0.2) is 0 Å². The summed E-state index contributed by atoms with van der Waals surface area (Å²) >= 11 is 1.66. The van der Waals surface area contributed by atoms with Crippen molar-refractivity contribution >= 4 is 29.5 Å². The lowest BCUT2D eigenvalue weighted by molar-refractivity contribution is -0.143. The molecule has 7 nitrogen and oxygen atoms in total. The SMILES string of the molecule is CCCC(C)NC(=O)C1N([C@@H](CC)CO)C(=O)[C@@H]2[C@@H](C(=O)NCc3ccccc3)[C@H]3CCC12S3. The van der Waals surface area contributed by atoms with Crippen LogP contribution in [0.25, 0.3) is 0 Å². The third-order valence-corrected chi connectivity index (χ3v) is 9.74. The van der Waals surface area contributed by atoms with Crippen LogP contribution < -0.4 is 10.6 Å². The molecule has 0 aromatic heterocycles. The van der Waals surface area contributed by atoms with E-state index in [4.69, 9.17) is 0 Å². The molecule has 34 heavy (non-hydrogen) atoms. The van der Waals surface area contributed by atoms with Crippen LogP contribution in [0.4, 0.5) is 0 Å². The van der Waals surface area contributed by atoms with E-state index in [2.05, 4.69) is 17.6 Å². The number of carbonyl (C=O) groups is 3. The number of likely N-dealkylation sites (tertiary alicyclic amines) is 1. The van der Waals surface area contributed by atoms with E-state index in [1.165, 1.54) is 0 Å². The van der Waals surface area contributed by atoms with Crippen LogP contribution in [0.2, 0.25) is 0 Å². The third kappa shape index (κ3) is 4.24. The van der Waals surface area contributed by atoms with Crippen molar-refractivity contribution in [1.82, 2.24) is 15.5 Å². The monoisotopic (exact) mass is 487 g/mol. The molecular weight excluding hydrogens is 450 g/mol. The number of rotatable bonds is 10. The van der Waals surface area contributed by atoms with Gasteiger partial charge in [0.05, 0.1) is 29.2 Å². The van der Waals surface area contributed by atoms with Gasteiger partial charge in [-0.15, -0.1) is 11.8 Å². The standard InChI is InChI=1S/C26H37N3O4S/c1-4-9-16(3)28-24(32)22-26-13-12-19(34-26)20(21(26)25(33)29(22)18(5-2)15-30)23(31)27-14-17-10-7-6-8-11-17/h6-8,10-11,16,18-22,30H,4-5,9,12-15H2,1-3H3,(H,27,31)(H,28,32)/t16?,18-,19+,20-,21-,22?,26?/m0/s1. The molecule has 3 N–H and O–H groups in total. The summed E-state index contributed by atoms with van der Waals surface area (Å²) in [6.07, 6.45) is 3.92. The number of nitrogens with one attached hydrogen (secondary N) is 2. The lowest BCUT2D eigenvalue weighted by Gasteiger charge is -2.37. The van der Waals surface area contributed by atoms with Gasteiger partial charge in [-0.3, -0.25) is 14.4 Å². The number of fused-ring (bicyclic) bond motifs is 1. The first-order valence-electron chi connectivity index (χ1n) is 12.6. The van der Waals surface area contributed by atoms with Crippen molar-refractivity contribution in [2.45, 2.75) is 87.5 Å². The van der Waals surface area contributed by atoms with Crippen molar-refractivity contribution in [2.75, 3.05) is 6.61 Å². The minimum absolute atomic E-state index is 0.00711. The van der Waals surface area contributed by atoms with E-state index in [0.717, 1.165) is 31.2 Å². The van der Waals surface area contributed by atoms with E-state index in [0.29, 0.717) is 13.0 Å². The molecule has 3 unspecified atom stereocenters. The maximum absolute atomic E-state index is 13.9. The maximum Gasteiger partial charge on any atom is 0.244 e. The summed E-state index contributed by atoms with van der Waals surface area (Å²) in [6, 6.07) is 8.64. The molecule has 2 bridgehead atoms. The molecule has 3 saturated heterocycles. The quantitative estimate of drug-likeness (QED) is 0.471. The van der Waals surface area contributed by atoms with E-state index >= 15 is 0 Å². The number of amides is 3. The fourth-order valence-electron chi connectivity index (χ4n) is 6.23. The normalized spacial score (nSPS) is 31.3. The summed E-state index contributed by atoms with van der Waals surface area (Å²) in [5.41, 5.74) is 1.01. The van der Waals surface area contributed by atoms with E-state index in [-0.39, 0.29) is 35.6 Å². The van der Waals surface area contributed by atoms with E-state index in [9.17, 15) is 19.5 Å². The minimum Gasteiger partial charge on any atom is -0.394 e. The van der Waals surface area contributed by atoms with Gasteiger partial charge in [0.2, 0.25) is 17.7 Å². The van der Waals surface area contributed by atoms with Crippen LogP contribution in [0.15, 0.2) is 30.3 Å². The molecule has 0 aliphatic carbocycles. The Morgan fingerprint density at radius 1 is 1.24 bits per heavy atom. The number of hydrogen-bond donors (Lipinski definition) is 3. The molecule has 0 radical (unpaired) electrons. The summed E-state index contributed by atoms with van der Waals surface area (Å²) in [4.78, 5) is 42.6. The smallest absolute Gasteiger partial charge is 0.244 e. The number of aliphatic hydroxyl groups is 1. The Bertz CT molecular complexity index is 909. The minimum atomic E-state index is -0.664. The van der Waals surface area contributed by atoms with Gasteiger partial charge in [-0.05, 0) is 38.2 Å². The average molecular weight is 488 g/mol. The van der Waals surface area contributed by atoms with Crippen LogP contribution >= 0.6 is 11.8 Å². The number of aliphatic hydroxyl groups excluding tert-OH is 1. The fourth-order valence-corrected chi connectivity index (χ4v) is 8.43. The zero-order valence-electron chi connectivity index (χ0n) is 20.3. The highest BCUT2D eigenvalue weighted by Gasteiger charge is 2.74. The van der Waals surface area contributed by atoms with Crippen molar-refractivity contribution in [3.05, 3.63) is 35.9 Å². The molecule has 1 spiro atoms. The van der Waals surface area contributed by atoms with Crippen LogP contribution in [0.5, 0.6) is 0 Å². The largest absolute Gasteiger partial charge is 0.394 e. The van der Waals surface area contributed by atoms with E-state index in [1.807, 2.05) is 44.2 Å². The highest BCUT2D eigenvalue weighted by Crippen LogP contribution is 2.66. The summed E-state index contributed by atoms with van der Waals surface area (Å²) in [5, 5.41) is 16.3. The third-order valence-electron chi connectivity index (χ3n) is 7.78. The first-order valence-corrected chi connectivity index (χ1v) is 13.5. The van der Waals surface area contributed by atoms with Crippen molar-refractivity contribution in [3.63, 3.8) is 0 Å². The molecule has 3 aliphatic rings. The maximum atomic E-state index is 13.9. The Hall–Kier alpha value is -2.06.